The molecule has 0 rings (SSSR count). The zero-order valence-corrected chi connectivity index (χ0v) is 23.1. The van der Waals surface area contributed by atoms with E-state index in [2.05, 4.69) is 27.8 Å². The number of halogens is 3. The minimum Gasteiger partial charge on any atom is -0.396 e. The summed E-state index contributed by atoms with van der Waals surface area (Å²) >= 11 is 13.0. The van der Waals surface area contributed by atoms with Gasteiger partial charge in [0.15, 0.2) is 0 Å². The molecule has 1 nitrogen and oxygen atoms in total. The van der Waals surface area contributed by atoms with E-state index < -0.39 is 0 Å². The summed E-state index contributed by atoms with van der Waals surface area (Å²) in [5, 5.41) is 9.93. The van der Waals surface area contributed by atoms with Gasteiger partial charge < -0.3 is 5.11 Å². The van der Waals surface area contributed by atoms with Crippen molar-refractivity contribution in [1.82, 2.24) is 0 Å². The second-order valence-electron chi connectivity index (χ2n) is 7.79. The summed E-state index contributed by atoms with van der Waals surface area (Å²) in [5.41, 5.74) is 0. The fourth-order valence-corrected chi connectivity index (χ4v) is 3.53. The van der Waals surface area contributed by atoms with Gasteiger partial charge in [0.2, 0.25) is 0 Å². The van der Waals surface area contributed by atoms with E-state index in [1.807, 2.05) is 0 Å². The molecule has 0 aromatic rings. The van der Waals surface area contributed by atoms with Gasteiger partial charge in [-0.15, -0.1) is 47.9 Å². The summed E-state index contributed by atoms with van der Waals surface area (Å²) in [5.74, 6) is 5.36. The monoisotopic (exact) mass is 538 g/mol. The largest absolute Gasteiger partial charge is 0.396 e. The number of hydrogen-bond donors (Lipinski definition) is 1. The summed E-state index contributed by atoms with van der Waals surface area (Å²) < 4.78 is 0. The zero-order chi connectivity index (χ0) is 23.7. The maximum atomic E-state index is 8.57. The second kappa shape index (κ2) is 40.5. The van der Waals surface area contributed by atoms with Gasteiger partial charge in [0.25, 0.3) is 0 Å². The minimum atomic E-state index is 0.194. The van der Waals surface area contributed by atoms with E-state index in [1.54, 1.807) is 0 Å². The van der Waals surface area contributed by atoms with E-state index in [1.165, 1.54) is 114 Å². The van der Waals surface area contributed by atoms with Crippen LogP contribution in [0.5, 0.6) is 0 Å². The summed E-state index contributed by atoms with van der Waals surface area (Å²) in [6.07, 6.45) is 35.8. The van der Waals surface area contributed by atoms with E-state index in [0.29, 0.717) is 6.61 Å². The highest BCUT2D eigenvalue weighted by atomic mass is 79.9. The standard InChI is InChI=1S/C13H23Br.C13H24O.CH2Cl2/c2*1-2-3-4-5-6-7-8-9-10-11-12-13-14;2-1-3/h1H,3-13H2;1,14H,3-13H2;1H2. The number of alkyl halides is 3. The molecule has 0 aromatic carbocycles. The SMILES string of the molecule is C#CCCCCCCCCCCCBr.C#CCCCCCCCCCCCO.ClCCl. The molecule has 0 radical (unpaired) electrons. The third-order valence-corrected chi connectivity index (χ3v) is 5.49. The summed E-state index contributed by atoms with van der Waals surface area (Å²) in [6.45, 7) is 0.353. The first-order valence-electron chi connectivity index (χ1n) is 12.4. The van der Waals surface area contributed by atoms with Crippen molar-refractivity contribution >= 4 is 39.1 Å². The van der Waals surface area contributed by atoms with Crippen LogP contribution < -0.4 is 0 Å². The molecule has 0 aliphatic carbocycles. The van der Waals surface area contributed by atoms with Crippen LogP contribution in [0.4, 0.5) is 0 Å². The maximum absolute atomic E-state index is 8.57. The fourth-order valence-electron chi connectivity index (χ4n) is 3.14. The number of unbranched alkanes of at least 4 members (excludes halogenated alkanes) is 18. The van der Waals surface area contributed by atoms with Crippen molar-refractivity contribution in [3.05, 3.63) is 0 Å². The maximum Gasteiger partial charge on any atom is 0.0967 e. The predicted molar refractivity (Wildman–Crippen MR) is 147 cm³/mol. The van der Waals surface area contributed by atoms with Gasteiger partial charge in [-0.1, -0.05) is 106 Å². The van der Waals surface area contributed by atoms with Gasteiger partial charge in [0.1, 0.15) is 0 Å². The molecule has 0 aliphatic heterocycles. The molecule has 0 fully saturated rings. The van der Waals surface area contributed by atoms with Gasteiger partial charge in [-0.25, -0.2) is 0 Å². The Balaban J connectivity index is -0.000000448. The van der Waals surface area contributed by atoms with Crippen LogP contribution in [0.25, 0.3) is 0 Å². The Morgan fingerprint density at radius 3 is 1.03 bits per heavy atom. The lowest BCUT2D eigenvalue weighted by Crippen LogP contribution is -1.84. The van der Waals surface area contributed by atoms with Crippen LogP contribution in [0, 0.1) is 24.7 Å². The number of terminal acetylenes is 2. The topological polar surface area (TPSA) is 20.2 Å². The van der Waals surface area contributed by atoms with E-state index in [-0.39, 0.29) is 5.34 Å². The van der Waals surface area contributed by atoms with Crippen molar-refractivity contribution in [1.29, 1.82) is 0 Å². The molecule has 31 heavy (non-hydrogen) atoms. The minimum absolute atomic E-state index is 0.194. The quantitative estimate of drug-likeness (QED) is 0.0926. The Labute approximate surface area is 214 Å². The summed E-state index contributed by atoms with van der Waals surface area (Å²) in [7, 11) is 0. The highest BCUT2D eigenvalue weighted by Crippen LogP contribution is 2.11. The molecule has 0 bridgehead atoms. The average molecular weight is 540 g/mol. The lowest BCUT2D eigenvalue weighted by Gasteiger charge is -2.00. The van der Waals surface area contributed by atoms with E-state index in [0.717, 1.165) is 19.3 Å². The van der Waals surface area contributed by atoms with Crippen LogP contribution in [0.3, 0.4) is 0 Å². The lowest BCUT2D eigenvalue weighted by molar-refractivity contribution is 0.282. The van der Waals surface area contributed by atoms with Crippen LogP contribution in [-0.2, 0) is 0 Å². The Morgan fingerprint density at radius 2 is 0.774 bits per heavy atom. The Hall–Kier alpha value is 0.140. The fraction of sp³-hybridized carbons (Fsp3) is 0.852. The first-order chi connectivity index (χ1) is 15.2. The number of aliphatic hydroxyl groups excluding tert-OH is 1. The van der Waals surface area contributed by atoms with Gasteiger partial charge in [-0.05, 0) is 25.7 Å². The van der Waals surface area contributed by atoms with Crippen molar-refractivity contribution in [2.75, 3.05) is 17.3 Å². The summed E-state index contributed by atoms with van der Waals surface area (Å²) in [4.78, 5) is 0. The molecule has 0 saturated carbocycles. The lowest BCUT2D eigenvalue weighted by atomic mass is 10.1. The Kier molecular flexibility index (Phi) is 46.7. The van der Waals surface area contributed by atoms with Crippen LogP contribution >= 0.6 is 39.1 Å². The van der Waals surface area contributed by atoms with Gasteiger partial charge in [-0.3, -0.25) is 0 Å². The van der Waals surface area contributed by atoms with Gasteiger partial charge in [0, 0.05) is 24.8 Å². The van der Waals surface area contributed by atoms with Crippen molar-refractivity contribution in [2.45, 2.75) is 128 Å². The highest BCUT2D eigenvalue weighted by Gasteiger charge is 1.92. The second-order valence-corrected chi connectivity index (χ2v) is 9.39. The van der Waals surface area contributed by atoms with Crippen molar-refractivity contribution in [3.63, 3.8) is 0 Å². The third kappa shape index (κ3) is 48.7. The smallest absolute Gasteiger partial charge is 0.0967 e. The van der Waals surface area contributed by atoms with E-state index >= 15 is 0 Å². The number of hydrogen-bond acceptors (Lipinski definition) is 1. The number of rotatable bonds is 20. The van der Waals surface area contributed by atoms with Crippen molar-refractivity contribution in [3.8, 4) is 24.7 Å². The van der Waals surface area contributed by atoms with Crippen LogP contribution in [0.1, 0.15) is 128 Å². The predicted octanol–water partition coefficient (Wildman–Crippen LogP) is 9.85. The number of aliphatic hydroxyl groups is 1. The third-order valence-electron chi connectivity index (χ3n) is 4.93. The van der Waals surface area contributed by atoms with Crippen LogP contribution in [0.15, 0.2) is 0 Å². The van der Waals surface area contributed by atoms with Crippen LogP contribution in [0.2, 0.25) is 0 Å². The van der Waals surface area contributed by atoms with Crippen molar-refractivity contribution in [2.24, 2.45) is 0 Å². The molecule has 0 amide bonds. The molecule has 184 valence electrons. The van der Waals surface area contributed by atoms with Gasteiger partial charge in [0.05, 0.1) is 5.34 Å². The molecule has 4 heteroatoms. The van der Waals surface area contributed by atoms with Gasteiger partial charge >= 0.3 is 0 Å². The zero-order valence-electron chi connectivity index (χ0n) is 20.0. The van der Waals surface area contributed by atoms with E-state index in [4.69, 9.17) is 41.2 Å². The summed E-state index contributed by atoms with van der Waals surface area (Å²) in [6, 6.07) is 0. The first-order valence-corrected chi connectivity index (χ1v) is 14.6. The highest BCUT2D eigenvalue weighted by molar-refractivity contribution is 9.09. The molecule has 1 N–H and O–H groups in total. The molecule has 0 saturated heterocycles. The molecule has 0 spiro atoms. The van der Waals surface area contributed by atoms with Crippen LogP contribution in [-0.4, -0.2) is 22.4 Å². The van der Waals surface area contributed by atoms with Crippen molar-refractivity contribution < 1.29 is 5.11 Å². The van der Waals surface area contributed by atoms with E-state index in [9.17, 15) is 0 Å². The molecule has 0 atom stereocenters. The molecule has 0 aliphatic rings. The molecule has 0 unspecified atom stereocenters. The normalized spacial score (nSPS) is 9.61. The average Bonchev–Trinajstić information content (AvgIpc) is 2.77. The molecular weight excluding hydrogens is 491 g/mol. The Bertz CT molecular complexity index is 329. The van der Waals surface area contributed by atoms with Gasteiger partial charge in [-0.2, -0.15) is 0 Å². The first kappa shape index (κ1) is 35.7. The Morgan fingerprint density at radius 1 is 0.516 bits per heavy atom. The molecule has 0 aromatic heterocycles. The molecule has 0 heterocycles. The molecular formula is C27H49BrCl2O.